The van der Waals surface area contributed by atoms with Gasteiger partial charge in [-0.3, -0.25) is 9.59 Å². The number of carbonyl (C=O) groups excluding carboxylic acids is 2. The third-order valence-electron chi connectivity index (χ3n) is 4.08. The average Bonchev–Trinajstić information content (AvgIpc) is 3.30. The summed E-state index contributed by atoms with van der Waals surface area (Å²) in [7, 11) is 0. The van der Waals surface area contributed by atoms with Crippen molar-refractivity contribution in [2.75, 3.05) is 11.9 Å². The zero-order valence-electron chi connectivity index (χ0n) is 14.2. The van der Waals surface area contributed by atoms with E-state index in [9.17, 15) is 9.59 Å². The number of anilines is 1. The van der Waals surface area contributed by atoms with Crippen molar-refractivity contribution in [3.05, 3.63) is 29.3 Å². The molecule has 2 amide bonds. The minimum Gasteiger partial charge on any atom is -0.350 e. The maximum atomic E-state index is 12.2. The Bertz CT molecular complexity index is 580. The number of aryl methyl sites for hydroxylation is 1. The lowest BCUT2D eigenvalue weighted by atomic mass is 10.1. The van der Waals surface area contributed by atoms with Gasteiger partial charge in [0.15, 0.2) is 0 Å². The van der Waals surface area contributed by atoms with Crippen LogP contribution in [0.1, 0.15) is 49.0 Å². The predicted octanol–water partition coefficient (Wildman–Crippen LogP) is 2.45. The summed E-state index contributed by atoms with van der Waals surface area (Å²) in [5.41, 5.74) is 8.21. The average molecular weight is 317 g/mol. The summed E-state index contributed by atoms with van der Waals surface area (Å²) in [6.07, 6.45) is 2.82. The Hall–Kier alpha value is -1.88. The molecule has 2 rings (SSSR count). The zero-order valence-corrected chi connectivity index (χ0v) is 14.2. The Morgan fingerprint density at radius 1 is 1.30 bits per heavy atom. The number of carbonyl (C=O) groups is 2. The Kier molecular flexibility index (Phi) is 5.77. The van der Waals surface area contributed by atoms with Crippen LogP contribution in [-0.2, 0) is 4.79 Å². The summed E-state index contributed by atoms with van der Waals surface area (Å²) in [5, 5.41) is 5.77. The summed E-state index contributed by atoms with van der Waals surface area (Å²) in [5.74, 6) is 0.756. The van der Waals surface area contributed by atoms with Crippen molar-refractivity contribution in [1.29, 1.82) is 0 Å². The summed E-state index contributed by atoms with van der Waals surface area (Å²) in [6.45, 7) is 6.41. The molecule has 126 valence electrons. The van der Waals surface area contributed by atoms with Crippen molar-refractivity contribution in [2.45, 2.75) is 46.1 Å². The van der Waals surface area contributed by atoms with Crippen molar-refractivity contribution >= 4 is 17.5 Å². The largest absolute Gasteiger partial charge is 0.350 e. The highest BCUT2D eigenvalue weighted by molar-refractivity contribution is 5.96. The standard InChI is InChI=1S/C18H27N3O2/c1-11(2)8-17(22)21-16-7-6-14(9-12(16)3)18(23)20-10-15(19)13-4-5-13/h6-7,9,11,13,15H,4-5,8,10,19H2,1-3H3,(H,20,23)(H,21,22). The number of nitrogens with one attached hydrogen (secondary N) is 2. The van der Waals surface area contributed by atoms with E-state index in [1.807, 2.05) is 20.8 Å². The normalized spacial score (nSPS) is 15.3. The van der Waals surface area contributed by atoms with Crippen LogP contribution < -0.4 is 16.4 Å². The van der Waals surface area contributed by atoms with E-state index >= 15 is 0 Å². The first-order valence-corrected chi connectivity index (χ1v) is 8.31. The summed E-state index contributed by atoms with van der Waals surface area (Å²) < 4.78 is 0. The van der Waals surface area contributed by atoms with Crippen molar-refractivity contribution in [1.82, 2.24) is 5.32 Å². The zero-order chi connectivity index (χ0) is 17.0. The van der Waals surface area contributed by atoms with Crippen molar-refractivity contribution in [2.24, 2.45) is 17.6 Å². The molecular formula is C18H27N3O2. The van der Waals surface area contributed by atoms with Crippen molar-refractivity contribution in [3.63, 3.8) is 0 Å². The lowest BCUT2D eigenvalue weighted by Gasteiger charge is -2.13. The van der Waals surface area contributed by atoms with Gasteiger partial charge in [0.2, 0.25) is 5.91 Å². The molecule has 0 saturated heterocycles. The number of amides is 2. The lowest BCUT2D eigenvalue weighted by Crippen LogP contribution is -2.38. The molecule has 1 fully saturated rings. The fraction of sp³-hybridized carbons (Fsp3) is 0.556. The van der Waals surface area contributed by atoms with Crippen LogP contribution in [0.15, 0.2) is 18.2 Å². The third kappa shape index (κ3) is 5.36. The minimum absolute atomic E-state index is 0.00397. The summed E-state index contributed by atoms with van der Waals surface area (Å²) >= 11 is 0. The molecule has 1 aromatic rings. The Labute approximate surface area is 138 Å². The number of hydrogen-bond donors (Lipinski definition) is 3. The minimum atomic E-state index is -0.121. The topological polar surface area (TPSA) is 84.2 Å². The van der Waals surface area contributed by atoms with Gasteiger partial charge in [0.05, 0.1) is 0 Å². The molecule has 1 aliphatic carbocycles. The van der Waals surface area contributed by atoms with E-state index in [0.29, 0.717) is 30.4 Å². The first kappa shape index (κ1) is 17.5. The van der Waals surface area contributed by atoms with Gasteiger partial charge in [-0.1, -0.05) is 13.8 Å². The molecule has 0 aliphatic heterocycles. The molecule has 0 spiro atoms. The van der Waals surface area contributed by atoms with Crippen LogP contribution in [-0.4, -0.2) is 24.4 Å². The van der Waals surface area contributed by atoms with Gasteiger partial charge in [0, 0.05) is 30.3 Å². The van der Waals surface area contributed by atoms with Gasteiger partial charge in [-0.2, -0.15) is 0 Å². The van der Waals surface area contributed by atoms with Crippen LogP contribution in [0.4, 0.5) is 5.69 Å². The Balaban J connectivity index is 1.92. The second kappa shape index (κ2) is 7.59. The van der Waals surface area contributed by atoms with Crippen molar-refractivity contribution < 1.29 is 9.59 Å². The second-order valence-electron chi connectivity index (χ2n) is 6.89. The van der Waals surface area contributed by atoms with Crippen LogP contribution in [0.25, 0.3) is 0 Å². The summed E-state index contributed by atoms with van der Waals surface area (Å²) in [4.78, 5) is 24.0. The van der Waals surface area contributed by atoms with Crippen LogP contribution in [0.3, 0.4) is 0 Å². The molecule has 5 nitrogen and oxygen atoms in total. The predicted molar refractivity (Wildman–Crippen MR) is 92.3 cm³/mol. The monoisotopic (exact) mass is 317 g/mol. The molecule has 1 saturated carbocycles. The van der Waals surface area contributed by atoms with Gasteiger partial charge in [-0.25, -0.2) is 0 Å². The number of rotatable bonds is 7. The van der Waals surface area contributed by atoms with Crippen LogP contribution in [0.5, 0.6) is 0 Å². The first-order valence-electron chi connectivity index (χ1n) is 8.31. The number of hydrogen-bond acceptors (Lipinski definition) is 3. The molecule has 23 heavy (non-hydrogen) atoms. The van der Waals surface area contributed by atoms with Crippen molar-refractivity contribution in [3.8, 4) is 0 Å². The van der Waals surface area contributed by atoms with Gasteiger partial charge in [0.1, 0.15) is 0 Å². The summed E-state index contributed by atoms with van der Waals surface area (Å²) in [6, 6.07) is 5.36. The van der Waals surface area contributed by atoms with Crippen LogP contribution in [0.2, 0.25) is 0 Å². The number of benzene rings is 1. The molecule has 1 unspecified atom stereocenters. The number of nitrogens with two attached hydrogens (primary N) is 1. The van der Waals surface area contributed by atoms with E-state index in [1.165, 1.54) is 12.8 Å². The maximum Gasteiger partial charge on any atom is 0.251 e. The molecular weight excluding hydrogens is 290 g/mol. The molecule has 0 aromatic heterocycles. The Morgan fingerprint density at radius 2 is 2.00 bits per heavy atom. The molecule has 1 aromatic carbocycles. The van der Waals surface area contributed by atoms with Gasteiger partial charge < -0.3 is 16.4 Å². The van der Waals surface area contributed by atoms with E-state index in [4.69, 9.17) is 5.73 Å². The first-order chi connectivity index (χ1) is 10.9. The molecule has 1 aliphatic rings. The van der Waals surface area contributed by atoms with Crippen LogP contribution in [0, 0.1) is 18.8 Å². The van der Waals surface area contributed by atoms with E-state index in [-0.39, 0.29) is 17.9 Å². The fourth-order valence-electron chi connectivity index (χ4n) is 2.52. The molecule has 1 atom stereocenters. The quantitative estimate of drug-likeness (QED) is 0.722. The van der Waals surface area contributed by atoms with Gasteiger partial charge >= 0.3 is 0 Å². The highest BCUT2D eigenvalue weighted by Gasteiger charge is 2.28. The van der Waals surface area contributed by atoms with E-state index < -0.39 is 0 Å². The molecule has 0 radical (unpaired) electrons. The Morgan fingerprint density at radius 3 is 2.57 bits per heavy atom. The van der Waals surface area contributed by atoms with Gasteiger partial charge in [0.25, 0.3) is 5.91 Å². The smallest absolute Gasteiger partial charge is 0.251 e. The van der Waals surface area contributed by atoms with E-state index in [2.05, 4.69) is 10.6 Å². The van der Waals surface area contributed by atoms with Gasteiger partial charge in [-0.05, 0) is 55.4 Å². The third-order valence-corrected chi connectivity index (χ3v) is 4.08. The van der Waals surface area contributed by atoms with Crippen LogP contribution >= 0.6 is 0 Å². The lowest BCUT2D eigenvalue weighted by molar-refractivity contribution is -0.116. The molecule has 0 bridgehead atoms. The van der Waals surface area contributed by atoms with Gasteiger partial charge in [-0.15, -0.1) is 0 Å². The highest BCUT2D eigenvalue weighted by Crippen LogP contribution is 2.31. The second-order valence-corrected chi connectivity index (χ2v) is 6.89. The fourth-order valence-corrected chi connectivity index (χ4v) is 2.52. The maximum absolute atomic E-state index is 12.2. The van der Waals surface area contributed by atoms with E-state index in [0.717, 1.165) is 11.3 Å². The SMILES string of the molecule is Cc1cc(C(=O)NCC(N)C2CC2)ccc1NC(=O)CC(C)C. The molecule has 4 N–H and O–H groups in total. The highest BCUT2D eigenvalue weighted by atomic mass is 16.2. The molecule has 5 heteroatoms. The van der Waals surface area contributed by atoms with E-state index in [1.54, 1.807) is 18.2 Å². The molecule has 0 heterocycles.